The molecule has 1 heterocycles. The van der Waals surface area contributed by atoms with Crippen molar-refractivity contribution in [3.63, 3.8) is 0 Å². The summed E-state index contributed by atoms with van der Waals surface area (Å²) in [6.45, 7) is 0. The largest absolute Gasteiger partial charge is 0.265 e. The summed E-state index contributed by atoms with van der Waals surface area (Å²) < 4.78 is 53.4. The molecule has 2 rings (SSSR count). The molecule has 1 nitrogen and oxygen atoms in total. The highest BCUT2D eigenvalue weighted by Gasteiger charge is 2.25. The molecule has 0 aliphatic carbocycles. The molecule has 0 saturated heterocycles. The molecule has 0 radical (unpaired) electrons. The second kappa shape index (κ2) is 4.33. The molecule has 0 atom stereocenters. The summed E-state index contributed by atoms with van der Waals surface area (Å²) in [5.41, 5.74) is -0.823. The second-order valence-corrected chi connectivity index (χ2v) is 3.56. The van der Waals surface area contributed by atoms with Crippen molar-refractivity contribution in [2.75, 3.05) is 0 Å². The van der Waals surface area contributed by atoms with Gasteiger partial charge in [0, 0.05) is 12.4 Å². The Balaban J connectivity index is 2.80. The van der Waals surface area contributed by atoms with Crippen LogP contribution in [0.15, 0.2) is 24.5 Å². The zero-order valence-electron chi connectivity index (χ0n) is 8.15. The van der Waals surface area contributed by atoms with Crippen LogP contribution in [0.25, 0.3) is 11.1 Å². The average Bonchev–Trinajstić information content (AvgIpc) is 2.36. The Bertz CT molecular complexity index is 542. The minimum Gasteiger partial charge on any atom is -0.265 e. The van der Waals surface area contributed by atoms with E-state index in [0.717, 1.165) is 0 Å². The van der Waals surface area contributed by atoms with E-state index in [-0.39, 0.29) is 5.56 Å². The van der Waals surface area contributed by atoms with E-state index in [9.17, 15) is 17.6 Å². The van der Waals surface area contributed by atoms with Gasteiger partial charge in [0.25, 0.3) is 0 Å². The lowest BCUT2D eigenvalue weighted by Gasteiger charge is -2.08. The maximum atomic E-state index is 13.5. The van der Waals surface area contributed by atoms with Crippen molar-refractivity contribution < 1.29 is 17.6 Å². The van der Waals surface area contributed by atoms with E-state index < -0.39 is 33.9 Å². The summed E-state index contributed by atoms with van der Waals surface area (Å²) in [6.07, 6.45) is 2.50. The molecule has 1 aromatic heterocycles. The molecule has 0 spiro atoms. The van der Waals surface area contributed by atoms with Crippen LogP contribution in [0.1, 0.15) is 0 Å². The Hall–Kier alpha value is -1.62. The SMILES string of the molecule is Fc1c(F)c(-c2ccncc2)c(F)c(F)c1Cl. The Kier molecular flexibility index (Phi) is 3.02. The van der Waals surface area contributed by atoms with Crippen LogP contribution in [-0.2, 0) is 0 Å². The summed E-state index contributed by atoms with van der Waals surface area (Å²) in [4.78, 5) is 3.63. The number of nitrogens with zero attached hydrogens (tertiary/aromatic N) is 1. The number of hydrogen-bond acceptors (Lipinski definition) is 1. The fraction of sp³-hybridized carbons (Fsp3) is 0. The number of rotatable bonds is 1. The zero-order chi connectivity index (χ0) is 12.6. The van der Waals surface area contributed by atoms with Crippen LogP contribution in [0.2, 0.25) is 5.02 Å². The highest BCUT2D eigenvalue weighted by molar-refractivity contribution is 6.31. The lowest BCUT2D eigenvalue weighted by molar-refractivity contribution is 0.459. The normalized spacial score (nSPS) is 10.6. The van der Waals surface area contributed by atoms with E-state index in [1.165, 1.54) is 24.5 Å². The number of aromatic nitrogens is 1. The van der Waals surface area contributed by atoms with Gasteiger partial charge in [0.2, 0.25) is 0 Å². The van der Waals surface area contributed by atoms with Gasteiger partial charge in [-0.3, -0.25) is 4.98 Å². The van der Waals surface area contributed by atoms with Gasteiger partial charge in [-0.05, 0) is 17.7 Å². The minimum absolute atomic E-state index is 0.0236. The van der Waals surface area contributed by atoms with Crippen molar-refractivity contribution >= 4 is 11.6 Å². The Morgan fingerprint density at radius 3 is 1.76 bits per heavy atom. The molecule has 0 fully saturated rings. The van der Waals surface area contributed by atoms with Crippen molar-refractivity contribution in [2.45, 2.75) is 0 Å². The quantitative estimate of drug-likeness (QED) is 0.430. The number of benzene rings is 1. The summed E-state index contributed by atoms with van der Waals surface area (Å²) in [7, 11) is 0. The van der Waals surface area contributed by atoms with Crippen molar-refractivity contribution in [1.82, 2.24) is 4.98 Å². The maximum Gasteiger partial charge on any atom is 0.181 e. The Morgan fingerprint density at radius 2 is 1.29 bits per heavy atom. The molecular weight excluding hydrogens is 258 g/mol. The molecule has 88 valence electrons. The van der Waals surface area contributed by atoms with Crippen LogP contribution in [0.4, 0.5) is 17.6 Å². The van der Waals surface area contributed by atoms with Gasteiger partial charge in [0.05, 0.1) is 5.56 Å². The van der Waals surface area contributed by atoms with E-state index in [1.807, 2.05) is 0 Å². The van der Waals surface area contributed by atoms with Gasteiger partial charge < -0.3 is 0 Å². The topological polar surface area (TPSA) is 12.9 Å². The first-order chi connectivity index (χ1) is 8.04. The van der Waals surface area contributed by atoms with Gasteiger partial charge in [-0.2, -0.15) is 0 Å². The van der Waals surface area contributed by atoms with Gasteiger partial charge in [0.15, 0.2) is 23.3 Å². The first-order valence-electron chi connectivity index (χ1n) is 4.46. The van der Waals surface area contributed by atoms with Gasteiger partial charge in [-0.15, -0.1) is 0 Å². The smallest absolute Gasteiger partial charge is 0.181 e. The molecule has 0 unspecified atom stereocenters. The third kappa shape index (κ3) is 1.86. The van der Waals surface area contributed by atoms with E-state index in [4.69, 9.17) is 11.6 Å². The highest BCUT2D eigenvalue weighted by atomic mass is 35.5. The van der Waals surface area contributed by atoms with Crippen molar-refractivity contribution in [1.29, 1.82) is 0 Å². The first-order valence-corrected chi connectivity index (χ1v) is 4.83. The molecule has 6 heteroatoms. The van der Waals surface area contributed by atoms with Crippen LogP contribution in [0, 0.1) is 23.3 Å². The van der Waals surface area contributed by atoms with E-state index >= 15 is 0 Å². The van der Waals surface area contributed by atoms with Crippen LogP contribution < -0.4 is 0 Å². The third-order valence-electron chi connectivity index (χ3n) is 2.18. The summed E-state index contributed by atoms with van der Waals surface area (Å²) in [6, 6.07) is 2.46. The van der Waals surface area contributed by atoms with E-state index in [0.29, 0.717) is 0 Å². The average molecular weight is 262 g/mol. The van der Waals surface area contributed by atoms with Crippen molar-refractivity contribution in [3.8, 4) is 11.1 Å². The molecule has 1 aromatic carbocycles. The van der Waals surface area contributed by atoms with Gasteiger partial charge in [-0.1, -0.05) is 11.6 Å². The molecule has 0 N–H and O–H groups in total. The van der Waals surface area contributed by atoms with Crippen LogP contribution in [0.5, 0.6) is 0 Å². The molecule has 0 saturated carbocycles. The fourth-order valence-electron chi connectivity index (χ4n) is 1.38. The molecule has 0 aliphatic heterocycles. The summed E-state index contributed by atoms with van der Waals surface area (Å²) in [5, 5.41) is -1.20. The fourth-order valence-corrected chi connectivity index (χ4v) is 1.54. The predicted octanol–water partition coefficient (Wildman–Crippen LogP) is 3.96. The zero-order valence-corrected chi connectivity index (χ0v) is 8.90. The summed E-state index contributed by atoms with van der Waals surface area (Å²) >= 11 is 5.11. The highest BCUT2D eigenvalue weighted by Crippen LogP contribution is 2.33. The molecule has 0 bridgehead atoms. The van der Waals surface area contributed by atoms with Crippen molar-refractivity contribution in [3.05, 3.63) is 52.8 Å². The maximum absolute atomic E-state index is 13.5. The lowest BCUT2D eigenvalue weighted by atomic mass is 10.1. The second-order valence-electron chi connectivity index (χ2n) is 3.18. The van der Waals surface area contributed by atoms with E-state index in [1.54, 1.807) is 0 Å². The number of hydrogen-bond donors (Lipinski definition) is 0. The third-order valence-corrected chi connectivity index (χ3v) is 2.51. The van der Waals surface area contributed by atoms with Crippen LogP contribution >= 0.6 is 11.6 Å². The Labute approximate surface area is 98.7 Å². The monoisotopic (exact) mass is 261 g/mol. The van der Waals surface area contributed by atoms with Gasteiger partial charge in [-0.25, -0.2) is 17.6 Å². The first kappa shape index (κ1) is 11.9. The summed E-state index contributed by atoms with van der Waals surface area (Å²) in [5.74, 6) is -6.28. The number of halogens is 5. The molecule has 0 amide bonds. The predicted molar refractivity (Wildman–Crippen MR) is 54.5 cm³/mol. The standard InChI is InChI=1S/C11H4ClF4N/c12-7-10(15)8(13)6(9(14)11(7)16)5-1-3-17-4-2-5/h1-4H. The molecular formula is C11H4ClF4N. The minimum atomic E-state index is -1.61. The lowest BCUT2D eigenvalue weighted by Crippen LogP contribution is -2.00. The Morgan fingerprint density at radius 1 is 0.824 bits per heavy atom. The van der Waals surface area contributed by atoms with Crippen LogP contribution in [-0.4, -0.2) is 4.98 Å². The van der Waals surface area contributed by atoms with Crippen LogP contribution in [0.3, 0.4) is 0 Å². The molecule has 17 heavy (non-hydrogen) atoms. The van der Waals surface area contributed by atoms with Gasteiger partial charge >= 0.3 is 0 Å². The van der Waals surface area contributed by atoms with Gasteiger partial charge in [0.1, 0.15) is 5.02 Å². The number of pyridine rings is 1. The molecule has 0 aliphatic rings. The van der Waals surface area contributed by atoms with Crippen molar-refractivity contribution in [2.24, 2.45) is 0 Å². The molecule has 2 aromatic rings. The van der Waals surface area contributed by atoms with E-state index in [2.05, 4.69) is 4.98 Å².